The average molecular weight is 255 g/mol. The molecule has 5 heteroatoms. The number of fused-ring (bicyclic) bond motifs is 1. The molecule has 0 spiro atoms. The van der Waals surface area contributed by atoms with Gasteiger partial charge >= 0.3 is 0 Å². The van der Waals surface area contributed by atoms with Gasteiger partial charge in [0.25, 0.3) is 5.91 Å². The van der Waals surface area contributed by atoms with Crippen molar-refractivity contribution in [2.24, 2.45) is 0 Å². The van der Waals surface area contributed by atoms with Gasteiger partial charge in [0.2, 0.25) is 0 Å². The Morgan fingerprint density at radius 3 is 2.95 bits per heavy atom. The lowest BCUT2D eigenvalue weighted by atomic mass is 10.2. The Labute approximate surface area is 109 Å². The van der Waals surface area contributed by atoms with E-state index in [4.69, 9.17) is 4.42 Å². The minimum Gasteiger partial charge on any atom is -0.472 e. The maximum absolute atomic E-state index is 11.9. The molecule has 2 aromatic heterocycles. The van der Waals surface area contributed by atoms with Crippen LogP contribution in [0, 0.1) is 0 Å². The molecule has 0 saturated heterocycles. The molecule has 5 nitrogen and oxygen atoms in total. The van der Waals surface area contributed by atoms with Crippen molar-refractivity contribution in [3.05, 3.63) is 54.2 Å². The second-order valence-corrected chi connectivity index (χ2v) is 4.35. The van der Waals surface area contributed by atoms with Gasteiger partial charge in [-0.2, -0.15) is 0 Å². The summed E-state index contributed by atoms with van der Waals surface area (Å²) in [5, 5.41) is 2.87. The highest BCUT2D eigenvalue weighted by Crippen LogP contribution is 2.16. The Morgan fingerprint density at radius 2 is 2.21 bits per heavy atom. The first-order valence-corrected chi connectivity index (χ1v) is 6.02. The maximum atomic E-state index is 11.9. The summed E-state index contributed by atoms with van der Waals surface area (Å²) in [7, 11) is 0. The molecular weight excluding hydrogens is 242 g/mol. The van der Waals surface area contributed by atoms with Gasteiger partial charge in [-0.25, -0.2) is 4.98 Å². The zero-order chi connectivity index (χ0) is 13.2. The number of carbonyl (C=O) groups is 1. The van der Waals surface area contributed by atoms with Crippen molar-refractivity contribution in [3.8, 4) is 0 Å². The summed E-state index contributed by atoms with van der Waals surface area (Å²) in [4.78, 5) is 19.5. The number of furan rings is 1. The zero-order valence-electron chi connectivity index (χ0n) is 10.4. The third-order valence-corrected chi connectivity index (χ3v) is 2.95. The first-order valence-electron chi connectivity index (χ1n) is 6.02. The van der Waals surface area contributed by atoms with Crippen LogP contribution in [0.3, 0.4) is 0 Å². The van der Waals surface area contributed by atoms with Gasteiger partial charge in [-0.3, -0.25) is 4.79 Å². The zero-order valence-corrected chi connectivity index (χ0v) is 10.4. The third kappa shape index (κ3) is 2.22. The number of carbonyl (C=O) groups excluding carboxylic acids is 1. The van der Waals surface area contributed by atoms with E-state index in [1.54, 1.807) is 6.07 Å². The summed E-state index contributed by atoms with van der Waals surface area (Å²) in [6.07, 6.45) is 2.89. The highest BCUT2D eigenvalue weighted by molar-refractivity contribution is 5.94. The lowest BCUT2D eigenvalue weighted by Gasteiger charge is -2.10. The van der Waals surface area contributed by atoms with Crippen molar-refractivity contribution in [1.29, 1.82) is 0 Å². The minimum atomic E-state index is -0.199. The largest absolute Gasteiger partial charge is 0.472 e. The van der Waals surface area contributed by atoms with Crippen molar-refractivity contribution in [2.75, 3.05) is 0 Å². The number of imidazole rings is 1. The predicted molar refractivity (Wildman–Crippen MR) is 70.7 cm³/mol. The van der Waals surface area contributed by atoms with Gasteiger partial charge in [-0.15, -0.1) is 0 Å². The molecule has 1 unspecified atom stereocenters. The van der Waals surface area contributed by atoms with Crippen LogP contribution >= 0.6 is 0 Å². The van der Waals surface area contributed by atoms with Crippen LogP contribution in [0.25, 0.3) is 11.0 Å². The molecule has 0 aliphatic rings. The average Bonchev–Trinajstić information content (AvgIpc) is 3.07. The van der Waals surface area contributed by atoms with Crippen molar-refractivity contribution in [3.63, 3.8) is 0 Å². The van der Waals surface area contributed by atoms with E-state index >= 15 is 0 Å². The first kappa shape index (κ1) is 11.5. The third-order valence-electron chi connectivity index (χ3n) is 2.95. The lowest BCUT2D eigenvalue weighted by Crippen LogP contribution is -2.26. The second kappa shape index (κ2) is 4.61. The number of aromatic nitrogens is 2. The topological polar surface area (TPSA) is 70.9 Å². The lowest BCUT2D eigenvalue weighted by molar-refractivity contribution is 0.0938. The molecule has 1 atom stereocenters. The second-order valence-electron chi connectivity index (χ2n) is 4.35. The molecule has 3 aromatic rings. The van der Waals surface area contributed by atoms with Crippen LogP contribution in [0.15, 0.2) is 47.3 Å². The fourth-order valence-corrected chi connectivity index (χ4v) is 1.92. The number of hydrogen-bond donors (Lipinski definition) is 2. The molecular formula is C14H13N3O2. The molecule has 0 radical (unpaired) electrons. The van der Waals surface area contributed by atoms with Gasteiger partial charge in [0.05, 0.1) is 28.9 Å². The number of para-hydroxylation sites is 2. The minimum absolute atomic E-state index is 0.179. The molecule has 0 aliphatic heterocycles. The molecule has 0 aliphatic carbocycles. The number of benzene rings is 1. The Morgan fingerprint density at radius 1 is 1.37 bits per heavy atom. The summed E-state index contributed by atoms with van der Waals surface area (Å²) in [6.45, 7) is 1.88. The van der Waals surface area contributed by atoms with Gasteiger partial charge in [-0.1, -0.05) is 12.1 Å². The molecule has 0 saturated carbocycles. The summed E-state index contributed by atoms with van der Waals surface area (Å²) in [5.41, 5.74) is 2.35. The van der Waals surface area contributed by atoms with Crippen molar-refractivity contribution < 1.29 is 9.21 Å². The molecule has 3 rings (SSSR count). The summed E-state index contributed by atoms with van der Waals surface area (Å²) in [5.74, 6) is 0.555. The first-order chi connectivity index (χ1) is 9.24. The van der Waals surface area contributed by atoms with Crippen LogP contribution in [-0.4, -0.2) is 15.9 Å². The van der Waals surface area contributed by atoms with Crippen LogP contribution < -0.4 is 5.32 Å². The monoisotopic (exact) mass is 255 g/mol. The number of amides is 1. The van der Waals surface area contributed by atoms with Crippen LogP contribution in [0.1, 0.15) is 29.1 Å². The van der Waals surface area contributed by atoms with Crippen LogP contribution in [0.2, 0.25) is 0 Å². The normalized spacial score (nSPS) is 12.5. The fraction of sp³-hybridized carbons (Fsp3) is 0.143. The predicted octanol–water partition coefficient (Wildman–Crippen LogP) is 2.65. The Bertz CT molecular complexity index is 667. The number of nitrogens with one attached hydrogen (secondary N) is 2. The van der Waals surface area contributed by atoms with Crippen molar-refractivity contribution >= 4 is 16.9 Å². The van der Waals surface area contributed by atoms with Crippen LogP contribution in [0.5, 0.6) is 0 Å². The number of aromatic amines is 1. The highest BCUT2D eigenvalue weighted by atomic mass is 16.3. The van der Waals surface area contributed by atoms with Gasteiger partial charge in [0.15, 0.2) is 0 Å². The quantitative estimate of drug-likeness (QED) is 0.755. The summed E-state index contributed by atoms with van der Waals surface area (Å²) < 4.78 is 4.89. The standard InChI is InChI=1S/C14H13N3O2/c1-9(15-14(18)10-6-7-19-8-10)13-16-11-4-2-3-5-12(11)17-13/h2-9H,1H3,(H,15,18)(H,16,17). The Hall–Kier alpha value is -2.56. The van der Waals surface area contributed by atoms with Gasteiger partial charge < -0.3 is 14.7 Å². The summed E-state index contributed by atoms with van der Waals surface area (Å²) in [6, 6.07) is 9.19. The molecule has 0 bridgehead atoms. The van der Waals surface area contributed by atoms with Gasteiger partial charge in [-0.05, 0) is 25.1 Å². The van der Waals surface area contributed by atoms with Gasteiger partial charge in [0, 0.05) is 0 Å². The number of hydrogen-bond acceptors (Lipinski definition) is 3. The van der Waals surface area contributed by atoms with Crippen molar-refractivity contribution in [1.82, 2.24) is 15.3 Å². The fourth-order valence-electron chi connectivity index (χ4n) is 1.92. The molecule has 2 heterocycles. The number of rotatable bonds is 3. The SMILES string of the molecule is CC(NC(=O)c1ccoc1)c1nc2ccccc2[nH]1. The van der Waals surface area contributed by atoms with E-state index in [-0.39, 0.29) is 11.9 Å². The van der Waals surface area contributed by atoms with Crippen LogP contribution in [0.4, 0.5) is 0 Å². The number of H-pyrrole nitrogens is 1. The van der Waals surface area contributed by atoms with E-state index in [0.29, 0.717) is 5.56 Å². The van der Waals surface area contributed by atoms with E-state index in [0.717, 1.165) is 16.9 Å². The van der Waals surface area contributed by atoms with Gasteiger partial charge in [0.1, 0.15) is 12.1 Å². The molecule has 96 valence electrons. The Kier molecular flexibility index (Phi) is 2.79. The van der Waals surface area contributed by atoms with E-state index in [2.05, 4.69) is 15.3 Å². The van der Waals surface area contributed by atoms with Crippen molar-refractivity contribution in [2.45, 2.75) is 13.0 Å². The smallest absolute Gasteiger partial charge is 0.255 e. The van der Waals surface area contributed by atoms with E-state index in [1.165, 1.54) is 12.5 Å². The molecule has 2 N–H and O–H groups in total. The highest BCUT2D eigenvalue weighted by Gasteiger charge is 2.15. The van der Waals surface area contributed by atoms with Crippen LogP contribution in [-0.2, 0) is 0 Å². The number of nitrogens with zero attached hydrogens (tertiary/aromatic N) is 1. The molecule has 1 aromatic carbocycles. The Balaban J connectivity index is 1.80. The van der Waals surface area contributed by atoms with E-state index in [1.807, 2.05) is 31.2 Å². The summed E-state index contributed by atoms with van der Waals surface area (Å²) >= 11 is 0. The molecule has 0 fully saturated rings. The van der Waals surface area contributed by atoms with E-state index < -0.39 is 0 Å². The molecule has 1 amide bonds. The maximum Gasteiger partial charge on any atom is 0.255 e. The molecule has 19 heavy (non-hydrogen) atoms. The van der Waals surface area contributed by atoms with E-state index in [9.17, 15) is 4.79 Å².